The lowest BCUT2D eigenvalue weighted by Crippen LogP contribution is -2.55. The molecule has 1 saturated heterocycles. The minimum Gasteiger partial charge on any atom is -0.454 e. The molecule has 0 bridgehead atoms. The second-order valence-corrected chi connectivity index (χ2v) is 5.67. The summed E-state index contributed by atoms with van der Waals surface area (Å²) >= 11 is 0. The number of carbonyl (C=O) groups excluding carboxylic acids is 1. The van der Waals surface area contributed by atoms with Gasteiger partial charge < -0.3 is 19.3 Å². The van der Waals surface area contributed by atoms with Crippen molar-refractivity contribution in [3.63, 3.8) is 0 Å². The van der Waals surface area contributed by atoms with E-state index in [9.17, 15) is 9.90 Å². The molecule has 1 fully saturated rings. The summed E-state index contributed by atoms with van der Waals surface area (Å²) in [6, 6.07) is 9.77. The molecule has 5 nitrogen and oxygen atoms in total. The van der Waals surface area contributed by atoms with Gasteiger partial charge in [0.2, 0.25) is 0 Å². The van der Waals surface area contributed by atoms with Gasteiger partial charge in [0, 0.05) is 12.8 Å². The van der Waals surface area contributed by atoms with Crippen LogP contribution in [-0.2, 0) is 25.6 Å². The van der Waals surface area contributed by atoms with Gasteiger partial charge in [0.1, 0.15) is 6.10 Å². The zero-order valence-electron chi connectivity index (χ0n) is 13.3. The zero-order chi connectivity index (χ0) is 16.1. The second-order valence-electron chi connectivity index (χ2n) is 5.67. The molecule has 1 aromatic rings. The van der Waals surface area contributed by atoms with Crippen LogP contribution in [0.4, 0.5) is 0 Å². The quantitative estimate of drug-likeness (QED) is 0.845. The average molecular weight is 308 g/mol. The van der Waals surface area contributed by atoms with Gasteiger partial charge in [-0.1, -0.05) is 44.2 Å². The van der Waals surface area contributed by atoms with Gasteiger partial charge in [0.25, 0.3) is 0 Å². The number of carbonyl (C=O) groups is 1. The van der Waals surface area contributed by atoms with Gasteiger partial charge in [-0.2, -0.15) is 0 Å². The van der Waals surface area contributed by atoms with Crippen LogP contribution in [0.15, 0.2) is 30.3 Å². The number of aliphatic hydroxyl groups is 1. The summed E-state index contributed by atoms with van der Waals surface area (Å²) in [7, 11) is 0. The first kappa shape index (κ1) is 16.9. The van der Waals surface area contributed by atoms with Crippen molar-refractivity contribution >= 4 is 5.97 Å². The Hall–Kier alpha value is -1.43. The molecule has 5 heteroatoms. The van der Waals surface area contributed by atoms with E-state index in [4.69, 9.17) is 14.2 Å². The minimum absolute atomic E-state index is 0.0152. The van der Waals surface area contributed by atoms with E-state index in [1.54, 1.807) is 0 Å². The van der Waals surface area contributed by atoms with Gasteiger partial charge in [-0.05, 0) is 12.0 Å². The Morgan fingerprint density at radius 1 is 1.27 bits per heavy atom. The van der Waals surface area contributed by atoms with Crippen LogP contribution in [0.25, 0.3) is 0 Å². The fourth-order valence-corrected chi connectivity index (χ4v) is 2.85. The fraction of sp³-hybridized carbons (Fsp3) is 0.588. The van der Waals surface area contributed by atoms with Crippen molar-refractivity contribution in [2.75, 3.05) is 0 Å². The van der Waals surface area contributed by atoms with Crippen molar-refractivity contribution in [1.82, 2.24) is 0 Å². The van der Waals surface area contributed by atoms with Gasteiger partial charge in [0.15, 0.2) is 12.4 Å². The molecule has 1 N–H and O–H groups in total. The monoisotopic (exact) mass is 308 g/mol. The average Bonchev–Trinajstić information content (AvgIpc) is 2.50. The fourth-order valence-electron chi connectivity index (χ4n) is 2.85. The minimum atomic E-state index is -1.16. The van der Waals surface area contributed by atoms with E-state index < -0.39 is 24.5 Å². The van der Waals surface area contributed by atoms with Crippen LogP contribution in [-0.4, -0.2) is 35.7 Å². The first-order chi connectivity index (χ1) is 10.5. The molecule has 0 aromatic heterocycles. The first-order valence-corrected chi connectivity index (χ1v) is 7.69. The molecule has 1 unspecified atom stereocenters. The number of rotatable bonds is 5. The summed E-state index contributed by atoms with van der Waals surface area (Å²) < 4.78 is 16.8. The molecule has 22 heavy (non-hydrogen) atoms. The van der Waals surface area contributed by atoms with E-state index in [0.717, 1.165) is 12.0 Å². The number of benzene rings is 1. The van der Waals surface area contributed by atoms with Crippen molar-refractivity contribution in [2.24, 2.45) is 5.92 Å². The van der Waals surface area contributed by atoms with Crippen molar-refractivity contribution in [1.29, 1.82) is 0 Å². The lowest BCUT2D eigenvalue weighted by molar-refractivity contribution is -0.281. The zero-order valence-corrected chi connectivity index (χ0v) is 13.3. The van der Waals surface area contributed by atoms with Crippen molar-refractivity contribution in [3.8, 4) is 0 Å². The number of esters is 1. The lowest BCUT2D eigenvalue weighted by Gasteiger charge is -2.42. The number of hydrogen-bond acceptors (Lipinski definition) is 5. The van der Waals surface area contributed by atoms with Crippen molar-refractivity contribution < 1.29 is 24.1 Å². The third-order valence-electron chi connectivity index (χ3n) is 4.01. The number of ether oxygens (including phenoxy) is 3. The van der Waals surface area contributed by atoms with E-state index in [-0.39, 0.29) is 12.0 Å². The third kappa shape index (κ3) is 4.06. The van der Waals surface area contributed by atoms with Gasteiger partial charge in [-0.3, -0.25) is 4.79 Å². The molecule has 0 aliphatic carbocycles. The summed E-state index contributed by atoms with van der Waals surface area (Å²) in [5.74, 6) is -0.440. The molecule has 0 spiro atoms. The Morgan fingerprint density at radius 2 is 1.95 bits per heavy atom. The Morgan fingerprint density at radius 3 is 2.55 bits per heavy atom. The van der Waals surface area contributed by atoms with Crippen LogP contribution in [0.2, 0.25) is 0 Å². The van der Waals surface area contributed by atoms with Gasteiger partial charge >= 0.3 is 5.97 Å². The largest absolute Gasteiger partial charge is 0.454 e. The molecule has 0 amide bonds. The van der Waals surface area contributed by atoms with E-state index in [2.05, 4.69) is 0 Å². The molecule has 0 saturated carbocycles. The Bertz CT molecular complexity index is 475. The topological polar surface area (TPSA) is 65.0 Å². The van der Waals surface area contributed by atoms with E-state index in [0.29, 0.717) is 6.61 Å². The molecular weight excluding hydrogens is 284 g/mol. The molecule has 2 rings (SSSR count). The summed E-state index contributed by atoms with van der Waals surface area (Å²) in [6.07, 6.45) is -1.74. The normalized spacial score (nSPS) is 31.7. The summed E-state index contributed by atoms with van der Waals surface area (Å²) in [5.41, 5.74) is 1.03. The van der Waals surface area contributed by atoms with Gasteiger partial charge in [-0.25, -0.2) is 0 Å². The van der Waals surface area contributed by atoms with E-state index in [1.807, 2.05) is 44.2 Å². The van der Waals surface area contributed by atoms with Crippen LogP contribution in [0.3, 0.4) is 0 Å². The maximum atomic E-state index is 11.3. The molecule has 1 aliphatic rings. The molecular formula is C17H24O5. The van der Waals surface area contributed by atoms with Crippen molar-refractivity contribution in [3.05, 3.63) is 35.9 Å². The molecule has 5 atom stereocenters. The number of hydrogen-bond donors (Lipinski definition) is 1. The van der Waals surface area contributed by atoms with E-state index >= 15 is 0 Å². The SMILES string of the molecule is CC[C@H]1OC(O)[C@@H](OC(C)=O)[C@H](OCc2ccccc2)[C@@H]1C. The van der Waals surface area contributed by atoms with Crippen LogP contribution in [0.1, 0.15) is 32.8 Å². The second kappa shape index (κ2) is 7.72. The molecule has 1 aliphatic heterocycles. The Kier molecular flexibility index (Phi) is 5.94. The Labute approximate surface area is 131 Å². The van der Waals surface area contributed by atoms with Crippen LogP contribution in [0, 0.1) is 5.92 Å². The highest BCUT2D eigenvalue weighted by atomic mass is 16.7. The van der Waals surface area contributed by atoms with Crippen molar-refractivity contribution in [2.45, 2.75) is 58.4 Å². The highest BCUT2D eigenvalue weighted by Crippen LogP contribution is 2.31. The summed E-state index contributed by atoms with van der Waals surface area (Å²) in [5, 5.41) is 10.1. The van der Waals surface area contributed by atoms with Crippen LogP contribution in [0.5, 0.6) is 0 Å². The predicted molar refractivity (Wildman–Crippen MR) is 80.9 cm³/mol. The van der Waals surface area contributed by atoms with Crippen LogP contribution >= 0.6 is 0 Å². The highest BCUT2D eigenvalue weighted by Gasteiger charge is 2.45. The molecule has 1 heterocycles. The van der Waals surface area contributed by atoms with E-state index in [1.165, 1.54) is 6.92 Å². The maximum Gasteiger partial charge on any atom is 0.303 e. The first-order valence-electron chi connectivity index (χ1n) is 7.69. The van der Waals surface area contributed by atoms with Gasteiger partial charge in [0.05, 0.1) is 12.7 Å². The van der Waals surface area contributed by atoms with Crippen LogP contribution < -0.4 is 0 Å². The maximum absolute atomic E-state index is 11.3. The lowest BCUT2D eigenvalue weighted by atomic mass is 9.89. The number of aliphatic hydroxyl groups excluding tert-OH is 1. The van der Waals surface area contributed by atoms with Gasteiger partial charge in [-0.15, -0.1) is 0 Å². The smallest absolute Gasteiger partial charge is 0.303 e. The highest BCUT2D eigenvalue weighted by molar-refractivity contribution is 5.66. The standard InChI is InChI=1S/C17H24O5/c1-4-14-11(2)15(16(17(19)22-14)21-12(3)18)20-10-13-8-6-5-7-9-13/h5-9,11,14-17,19H,4,10H2,1-3H3/t11-,14-,15-,16+,17?/m1/s1. The molecule has 0 radical (unpaired) electrons. The Balaban J connectivity index is 2.10. The summed E-state index contributed by atoms with van der Waals surface area (Å²) in [4.78, 5) is 11.3. The third-order valence-corrected chi connectivity index (χ3v) is 4.01. The summed E-state index contributed by atoms with van der Waals surface area (Å²) in [6.45, 7) is 5.70. The molecule has 122 valence electrons. The molecule has 1 aromatic carbocycles. The predicted octanol–water partition coefficient (Wildman–Crippen LogP) is 2.27.